The lowest BCUT2D eigenvalue weighted by Crippen LogP contribution is -2.44. The van der Waals surface area contributed by atoms with E-state index in [1.165, 1.54) is 0 Å². The van der Waals surface area contributed by atoms with Gasteiger partial charge in [-0.05, 0) is 6.42 Å². The van der Waals surface area contributed by atoms with E-state index in [0.29, 0.717) is 19.7 Å². The molecule has 0 unspecified atom stereocenters. The van der Waals surface area contributed by atoms with Crippen LogP contribution in [0.3, 0.4) is 0 Å². The van der Waals surface area contributed by atoms with Crippen molar-refractivity contribution in [3.05, 3.63) is 30.1 Å². The van der Waals surface area contributed by atoms with Crippen LogP contribution in [0.15, 0.2) is 24.4 Å². The summed E-state index contributed by atoms with van der Waals surface area (Å²) >= 11 is 0. The van der Waals surface area contributed by atoms with Crippen molar-refractivity contribution in [2.45, 2.75) is 19.9 Å². The van der Waals surface area contributed by atoms with Gasteiger partial charge in [0, 0.05) is 39.3 Å². The molecule has 1 aromatic rings. The largest absolute Gasteiger partial charge is 0.385 e. The number of rotatable bonds is 6. The summed E-state index contributed by atoms with van der Waals surface area (Å²) in [6.07, 6.45) is 2.75. The van der Waals surface area contributed by atoms with Crippen LogP contribution in [0.2, 0.25) is 0 Å². The van der Waals surface area contributed by atoms with Crippen molar-refractivity contribution in [1.29, 1.82) is 0 Å². The number of ether oxygens (including phenoxy) is 1. The van der Waals surface area contributed by atoms with E-state index in [0.717, 1.165) is 12.1 Å². The van der Waals surface area contributed by atoms with E-state index in [1.54, 1.807) is 7.11 Å². The minimum Gasteiger partial charge on any atom is -0.385 e. The molecule has 1 rings (SSSR count). The maximum absolute atomic E-state index is 11.6. The van der Waals surface area contributed by atoms with E-state index in [-0.39, 0.29) is 5.91 Å². The molecular formula is C12H19N2O2+. The maximum atomic E-state index is 11.6. The van der Waals surface area contributed by atoms with Crippen LogP contribution in [0, 0.1) is 6.92 Å². The quantitative estimate of drug-likeness (QED) is 0.561. The Hall–Kier alpha value is -1.42. The van der Waals surface area contributed by atoms with Gasteiger partial charge in [-0.1, -0.05) is 6.07 Å². The molecule has 0 saturated carbocycles. The highest BCUT2D eigenvalue weighted by Gasteiger charge is 2.10. The number of hydrogen-bond acceptors (Lipinski definition) is 2. The Morgan fingerprint density at radius 1 is 1.50 bits per heavy atom. The molecule has 0 aliphatic heterocycles. The van der Waals surface area contributed by atoms with E-state index in [2.05, 4.69) is 5.32 Å². The summed E-state index contributed by atoms with van der Waals surface area (Å²) < 4.78 is 6.83. The molecule has 0 radical (unpaired) electrons. The summed E-state index contributed by atoms with van der Waals surface area (Å²) in [5, 5.41) is 2.85. The van der Waals surface area contributed by atoms with E-state index in [9.17, 15) is 4.79 Å². The molecule has 4 heteroatoms. The monoisotopic (exact) mass is 223 g/mol. The molecule has 1 aromatic heterocycles. The molecular weight excluding hydrogens is 204 g/mol. The van der Waals surface area contributed by atoms with Crippen molar-refractivity contribution >= 4 is 5.91 Å². The normalized spacial score (nSPS) is 10.1. The molecule has 0 fully saturated rings. The zero-order valence-corrected chi connectivity index (χ0v) is 9.90. The molecule has 88 valence electrons. The zero-order chi connectivity index (χ0) is 11.8. The van der Waals surface area contributed by atoms with Crippen LogP contribution < -0.4 is 9.88 Å². The molecule has 0 aliphatic rings. The molecule has 4 nitrogen and oxygen atoms in total. The third-order valence-corrected chi connectivity index (χ3v) is 2.33. The Bertz CT molecular complexity index is 340. The number of pyridine rings is 1. The molecule has 1 N–H and O–H groups in total. The Morgan fingerprint density at radius 2 is 2.31 bits per heavy atom. The Balaban J connectivity index is 2.32. The van der Waals surface area contributed by atoms with Gasteiger partial charge >= 0.3 is 0 Å². The fourth-order valence-electron chi connectivity index (χ4n) is 1.39. The van der Waals surface area contributed by atoms with Gasteiger partial charge in [-0.2, -0.15) is 4.57 Å². The van der Waals surface area contributed by atoms with Crippen LogP contribution in [0.5, 0.6) is 0 Å². The van der Waals surface area contributed by atoms with Gasteiger partial charge in [0.05, 0.1) is 0 Å². The van der Waals surface area contributed by atoms with Gasteiger partial charge in [-0.25, -0.2) is 0 Å². The highest BCUT2D eigenvalue weighted by atomic mass is 16.5. The second kappa shape index (κ2) is 6.95. The number of nitrogens with zero attached hydrogens (tertiary/aromatic N) is 1. The number of nitrogens with one attached hydrogen (secondary N) is 1. The van der Waals surface area contributed by atoms with Crippen molar-refractivity contribution in [2.24, 2.45) is 0 Å². The van der Waals surface area contributed by atoms with Crippen LogP contribution in [-0.2, 0) is 16.1 Å². The number of carbonyl (C=O) groups is 1. The smallest absolute Gasteiger partial charge is 0.286 e. The van der Waals surface area contributed by atoms with Gasteiger partial charge < -0.3 is 10.1 Å². The number of aryl methyl sites for hydroxylation is 1. The van der Waals surface area contributed by atoms with Crippen molar-refractivity contribution in [3.63, 3.8) is 0 Å². The predicted molar refractivity (Wildman–Crippen MR) is 60.9 cm³/mol. The first kappa shape index (κ1) is 12.6. The Morgan fingerprint density at radius 3 is 3.00 bits per heavy atom. The summed E-state index contributed by atoms with van der Waals surface area (Å²) in [6, 6.07) is 5.87. The third kappa shape index (κ3) is 4.40. The van der Waals surface area contributed by atoms with Gasteiger partial charge in [-0.15, -0.1) is 0 Å². The molecule has 1 heterocycles. The first-order chi connectivity index (χ1) is 7.74. The van der Waals surface area contributed by atoms with E-state index >= 15 is 0 Å². The van der Waals surface area contributed by atoms with Crippen LogP contribution in [-0.4, -0.2) is 26.2 Å². The third-order valence-electron chi connectivity index (χ3n) is 2.33. The van der Waals surface area contributed by atoms with Gasteiger partial charge in [0.2, 0.25) is 6.54 Å². The number of methoxy groups -OCH3 is 1. The first-order valence-electron chi connectivity index (χ1n) is 5.44. The molecule has 0 saturated heterocycles. The number of amides is 1. The number of carbonyl (C=O) groups excluding carboxylic acids is 1. The first-order valence-corrected chi connectivity index (χ1v) is 5.44. The highest BCUT2D eigenvalue weighted by Crippen LogP contribution is 1.87. The summed E-state index contributed by atoms with van der Waals surface area (Å²) in [5.74, 6) is 0.0374. The van der Waals surface area contributed by atoms with Crippen LogP contribution in [0.1, 0.15) is 12.1 Å². The van der Waals surface area contributed by atoms with E-state index < -0.39 is 0 Å². The lowest BCUT2D eigenvalue weighted by molar-refractivity contribution is -0.690. The average molecular weight is 223 g/mol. The summed E-state index contributed by atoms with van der Waals surface area (Å²) in [5.41, 5.74) is 1.08. The van der Waals surface area contributed by atoms with E-state index in [4.69, 9.17) is 4.74 Å². The molecule has 0 bridgehead atoms. The van der Waals surface area contributed by atoms with Crippen LogP contribution >= 0.6 is 0 Å². The van der Waals surface area contributed by atoms with Gasteiger partial charge in [0.15, 0.2) is 11.9 Å². The molecule has 0 aliphatic carbocycles. The van der Waals surface area contributed by atoms with Gasteiger partial charge in [0.25, 0.3) is 5.91 Å². The molecule has 0 aromatic carbocycles. The lowest BCUT2D eigenvalue weighted by Gasteiger charge is -2.03. The highest BCUT2D eigenvalue weighted by molar-refractivity contribution is 5.74. The SMILES string of the molecule is COCCCNC(=O)C[n+]1ccccc1C. The maximum Gasteiger partial charge on any atom is 0.286 e. The minimum atomic E-state index is 0.0374. The Labute approximate surface area is 96.2 Å². The second-order valence-corrected chi connectivity index (χ2v) is 3.67. The van der Waals surface area contributed by atoms with Crippen molar-refractivity contribution in [3.8, 4) is 0 Å². The topological polar surface area (TPSA) is 42.2 Å². The minimum absolute atomic E-state index is 0.0374. The summed E-state index contributed by atoms with van der Waals surface area (Å²) in [4.78, 5) is 11.6. The van der Waals surface area contributed by atoms with Crippen LogP contribution in [0.25, 0.3) is 0 Å². The number of aromatic nitrogens is 1. The predicted octanol–water partition coefficient (Wildman–Crippen LogP) is 0.435. The standard InChI is InChI=1S/C12H18N2O2/c1-11-6-3-4-8-14(11)10-12(15)13-7-5-9-16-2/h3-4,6,8H,5,7,9-10H2,1-2H3/p+1. The summed E-state index contributed by atoms with van der Waals surface area (Å²) in [6.45, 7) is 3.70. The van der Waals surface area contributed by atoms with Gasteiger partial charge in [0.1, 0.15) is 0 Å². The zero-order valence-electron chi connectivity index (χ0n) is 9.90. The molecule has 16 heavy (non-hydrogen) atoms. The second-order valence-electron chi connectivity index (χ2n) is 3.67. The Kier molecular flexibility index (Phi) is 5.50. The van der Waals surface area contributed by atoms with Crippen LogP contribution in [0.4, 0.5) is 0 Å². The molecule has 1 amide bonds. The molecule has 0 atom stereocenters. The fraction of sp³-hybridized carbons (Fsp3) is 0.500. The molecule has 0 spiro atoms. The average Bonchev–Trinajstić information content (AvgIpc) is 2.28. The van der Waals surface area contributed by atoms with E-state index in [1.807, 2.05) is 35.9 Å². The number of hydrogen-bond donors (Lipinski definition) is 1. The van der Waals surface area contributed by atoms with Gasteiger partial charge in [-0.3, -0.25) is 4.79 Å². The van der Waals surface area contributed by atoms with Crippen molar-refractivity contribution < 1.29 is 14.1 Å². The van der Waals surface area contributed by atoms with Crippen molar-refractivity contribution in [1.82, 2.24) is 5.32 Å². The summed E-state index contributed by atoms with van der Waals surface area (Å²) in [7, 11) is 1.66. The van der Waals surface area contributed by atoms with Crippen molar-refractivity contribution in [2.75, 3.05) is 20.3 Å². The fourth-order valence-corrected chi connectivity index (χ4v) is 1.39. The lowest BCUT2D eigenvalue weighted by atomic mass is 10.3.